The molecule has 0 aliphatic carbocycles. The molecule has 1 aromatic heterocycles. The maximum atomic E-state index is 12.5. The molecule has 2 rings (SSSR count). The summed E-state index contributed by atoms with van der Waals surface area (Å²) < 4.78 is 5.20. The smallest absolute Gasteiger partial charge is 0.311 e. The van der Waals surface area contributed by atoms with Crippen LogP contribution in [-0.4, -0.2) is 58.5 Å². The molecule has 21 heavy (non-hydrogen) atoms. The fourth-order valence-corrected chi connectivity index (χ4v) is 2.49. The van der Waals surface area contributed by atoms with Gasteiger partial charge in [-0.2, -0.15) is 0 Å². The molecule has 2 unspecified atom stereocenters. The zero-order valence-electron chi connectivity index (χ0n) is 12.0. The zero-order valence-corrected chi connectivity index (χ0v) is 12.0. The molecule has 1 aliphatic rings. The largest absolute Gasteiger partial charge is 0.481 e. The zero-order chi connectivity index (χ0) is 15.6. The standard InChI is InChI=1S/C14H18N2O5/c1-3-16(12-7-21-6-10(12)14(19)20)13(18)11-4-9(5-15-11)8(2)17/h4-5,10,12,15H,3,6-7H2,1-2H3,(H,19,20). The Morgan fingerprint density at radius 1 is 1.43 bits per heavy atom. The second-order valence-corrected chi connectivity index (χ2v) is 5.00. The number of aromatic nitrogens is 1. The van der Waals surface area contributed by atoms with E-state index in [1.807, 2.05) is 0 Å². The number of ether oxygens (including phenoxy) is 1. The number of ketones is 1. The predicted octanol–water partition coefficient (Wildman–Crippen LogP) is 0.779. The number of Topliss-reactive ketones (excluding diaryl/α,β-unsaturated/α-hetero) is 1. The Balaban J connectivity index is 2.21. The van der Waals surface area contributed by atoms with Crippen LogP contribution in [0.2, 0.25) is 0 Å². The van der Waals surface area contributed by atoms with Crippen molar-refractivity contribution in [1.82, 2.24) is 9.88 Å². The average Bonchev–Trinajstić information content (AvgIpc) is 3.08. The van der Waals surface area contributed by atoms with Crippen LogP contribution in [0, 0.1) is 5.92 Å². The SMILES string of the molecule is CCN(C(=O)c1cc(C(C)=O)c[nH]1)C1COCC1C(=O)O. The van der Waals surface area contributed by atoms with Gasteiger partial charge in [0.1, 0.15) is 11.6 Å². The molecule has 2 N–H and O–H groups in total. The summed E-state index contributed by atoms with van der Waals surface area (Å²) in [6.07, 6.45) is 1.48. The molecule has 0 bridgehead atoms. The number of hydrogen-bond donors (Lipinski definition) is 2. The number of H-pyrrole nitrogens is 1. The summed E-state index contributed by atoms with van der Waals surface area (Å²) >= 11 is 0. The number of amides is 1. The van der Waals surface area contributed by atoms with Crippen molar-refractivity contribution in [2.24, 2.45) is 5.92 Å². The number of carbonyl (C=O) groups is 3. The second kappa shape index (κ2) is 6.09. The number of hydrogen-bond acceptors (Lipinski definition) is 4. The van der Waals surface area contributed by atoms with Gasteiger partial charge in [-0.15, -0.1) is 0 Å². The molecule has 1 fully saturated rings. The Labute approximate surface area is 121 Å². The lowest BCUT2D eigenvalue weighted by molar-refractivity contribution is -0.142. The highest BCUT2D eigenvalue weighted by Crippen LogP contribution is 2.22. The van der Waals surface area contributed by atoms with Crippen LogP contribution in [0.4, 0.5) is 0 Å². The first kappa shape index (κ1) is 15.2. The molecule has 0 radical (unpaired) electrons. The quantitative estimate of drug-likeness (QED) is 0.782. The molecule has 0 saturated carbocycles. The van der Waals surface area contributed by atoms with Crippen LogP contribution in [0.3, 0.4) is 0 Å². The minimum absolute atomic E-state index is 0.104. The van der Waals surface area contributed by atoms with Gasteiger partial charge in [0.15, 0.2) is 5.78 Å². The normalized spacial score (nSPS) is 21.2. The molecule has 1 aliphatic heterocycles. The topological polar surface area (TPSA) is 99.7 Å². The van der Waals surface area contributed by atoms with Gasteiger partial charge in [-0.1, -0.05) is 0 Å². The first-order chi connectivity index (χ1) is 9.95. The highest BCUT2D eigenvalue weighted by molar-refractivity contribution is 5.99. The number of rotatable bonds is 5. The Bertz CT molecular complexity index is 565. The number of likely N-dealkylation sites (N-methyl/N-ethyl adjacent to an activating group) is 1. The Kier molecular flexibility index (Phi) is 4.42. The van der Waals surface area contributed by atoms with E-state index in [0.29, 0.717) is 12.1 Å². The van der Waals surface area contributed by atoms with E-state index in [0.717, 1.165) is 0 Å². The highest BCUT2D eigenvalue weighted by atomic mass is 16.5. The van der Waals surface area contributed by atoms with Crippen molar-refractivity contribution in [2.75, 3.05) is 19.8 Å². The highest BCUT2D eigenvalue weighted by Gasteiger charge is 2.39. The van der Waals surface area contributed by atoms with Crippen LogP contribution in [-0.2, 0) is 9.53 Å². The molecule has 2 atom stereocenters. The van der Waals surface area contributed by atoms with Crippen molar-refractivity contribution in [2.45, 2.75) is 19.9 Å². The lowest BCUT2D eigenvalue weighted by Crippen LogP contribution is -2.46. The van der Waals surface area contributed by atoms with Gasteiger partial charge in [-0.05, 0) is 19.9 Å². The minimum atomic E-state index is -0.973. The number of carboxylic acid groups (broad SMARTS) is 1. The Hall–Kier alpha value is -2.15. The third-order valence-corrected chi connectivity index (χ3v) is 3.69. The Morgan fingerprint density at radius 3 is 2.67 bits per heavy atom. The van der Waals surface area contributed by atoms with Gasteiger partial charge in [0, 0.05) is 18.3 Å². The van der Waals surface area contributed by atoms with E-state index in [1.54, 1.807) is 6.92 Å². The number of nitrogens with zero attached hydrogens (tertiary/aromatic N) is 1. The molecule has 1 amide bonds. The Morgan fingerprint density at radius 2 is 2.14 bits per heavy atom. The summed E-state index contributed by atoms with van der Waals surface area (Å²) in [5, 5.41) is 9.19. The summed E-state index contributed by atoms with van der Waals surface area (Å²) in [4.78, 5) is 39.2. The lowest BCUT2D eigenvalue weighted by Gasteiger charge is -2.28. The summed E-state index contributed by atoms with van der Waals surface area (Å²) in [6, 6.07) is 0.989. The van der Waals surface area contributed by atoms with Crippen LogP contribution in [0.15, 0.2) is 12.3 Å². The van der Waals surface area contributed by atoms with Gasteiger partial charge < -0.3 is 19.7 Å². The predicted molar refractivity (Wildman–Crippen MR) is 73.2 cm³/mol. The number of carboxylic acids is 1. The summed E-state index contributed by atoms with van der Waals surface area (Å²) in [6.45, 7) is 3.87. The second-order valence-electron chi connectivity index (χ2n) is 5.00. The van der Waals surface area contributed by atoms with Crippen molar-refractivity contribution in [1.29, 1.82) is 0 Å². The van der Waals surface area contributed by atoms with Crippen LogP contribution < -0.4 is 0 Å². The van der Waals surface area contributed by atoms with Crippen molar-refractivity contribution in [3.63, 3.8) is 0 Å². The molecule has 7 heteroatoms. The molecule has 1 aromatic rings. The van der Waals surface area contributed by atoms with E-state index in [2.05, 4.69) is 4.98 Å². The van der Waals surface area contributed by atoms with Gasteiger partial charge >= 0.3 is 5.97 Å². The van der Waals surface area contributed by atoms with Gasteiger partial charge in [0.05, 0.1) is 19.3 Å². The molecular weight excluding hydrogens is 276 g/mol. The van der Waals surface area contributed by atoms with E-state index in [1.165, 1.54) is 24.1 Å². The van der Waals surface area contributed by atoms with E-state index >= 15 is 0 Å². The molecule has 0 aromatic carbocycles. The van der Waals surface area contributed by atoms with Crippen molar-refractivity contribution >= 4 is 17.7 Å². The fraction of sp³-hybridized carbons (Fsp3) is 0.500. The molecule has 2 heterocycles. The van der Waals surface area contributed by atoms with Gasteiger partial charge in [-0.25, -0.2) is 0 Å². The van der Waals surface area contributed by atoms with E-state index < -0.39 is 17.9 Å². The van der Waals surface area contributed by atoms with Crippen LogP contribution in [0.5, 0.6) is 0 Å². The van der Waals surface area contributed by atoms with Crippen LogP contribution >= 0.6 is 0 Å². The van der Waals surface area contributed by atoms with Crippen LogP contribution in [0.25, 0.3) is 0 Å². The third-order valence-electron chi connectivity index (χ3n) is 3.69. The summed E-state index contributed by atoms with van der Waals surface area (Å²) in [5.74, 6) is -2.16. The van der Waals surface area contributed by atoms with Crippen molar-refractivity contribution in [3.8, 4) is 0 Å². The summed E-state index contributed by atoms with van der Waals surface area (Å²) in [5.41, 5.74) is 0.699. The third kappa shape index (κ3) is 2.97. The van der Waals surface area contributed by atoms with Crippen molar-refractivity contribution < 1.29 is 24.2 Å². The van der Waals surface area contributed by atoms with E-state index in [-0.39, 0.29) is 30.6 Å². The molecular formula is C14H18N2O5. The summed E-state index contributed by atoms with van der Waals surface area (Å²) in [7, 11) is 0. The maximum Gasteiger partial charge on any atom is 0.311 e. The molecule has 7 nitrogen and oxygen atoms in total. The number of aromatic amines is 1. The maximum absolute atomic E-state index is 12.5. The van der Waals surface area contributed by atoms with Gasteiger partial charge in [0.2, 0.25) is 0 Å². The number of carbonyl (C=O) groups excluding carboxylic acids is 2. The molecule has 1 saturated heterocycles. The lowest BCUT2D eigenvalue weighted by atomic mass is 10.0. The van der Waals surface area contributed by atoms with Gasteiger partial charge in [0.25, 0.3) is 5.91 Å². The van der Waals surface area contributed by atoms with Gasteiger partial charge in [-0.3, -0.25) is 14.4 Å². The minimum Gasteiger partial charge on any atom is -0.481 e. The monoisotopic (exact) mass is 294 g/mol. The molecule has 114 valence electrons. The first-order valence-electron chi connectivity index (χ1n) is 6.76. The van der Waals surface area contributed by atoms with Crippen LogP contribution in [0.1, 0.15) is 34.7 Å². The number of nitrogens with one attached hydrogen (secondary N) is 1. The first-order valence-corrected chi connectivity index (χ1v) is 6.76. The van der Waals surface area contributed by atoms with E-state index in [4.69, 9.17) is 4.74 Å². The average molecular weight is 294 g/mol. The van der Waals surface area contributed by atoms with E-state index in [9.17, 15) is 19.5 Å². The fourth-order valence-electron chi connectivity index (χ4n) is 2.49. The van der Waals surface area contributed by atoms with Crippen molar-refractivity contribution in [3.05, 3.63) is 23.5 Å². The molecule has 0 spiro atoms. The number of aliphatic carboxylic acids is 1.